The number of allylic oxidation sites excluding steroid dienone is 1. The van der Waals surface area contributed by atoms with Gasteiger partial charge in [0.2, 0.25) is 6.79 Å². The van der Waals surface area contributed by atoms with Crippen LogP contribution in [0, 0.1) is 0 Å². The predicted octanol–water partition coefficient (Wildman–Crippen LogP) is 4.61. The molecule has 7 heteroatoms. The van der Waals surface area contributed by atoms with Gasteiger partial charge in [0, 0.05) is 10.2 Å². The molecule has 4 rings (SSSR count). The lowest BCUT2D eigenvalue weighted by molar-refractivity contribution is -0.136. The molecule has 0 unspecified atom stereocenters. The highest BCUT2D eigenvalue weighted by molar-refractivity contribution is 9.10. The SMILES string of the molecule is COC(=O)C1=C(C)N([C@H](C)c2ccccc2)C(=O)/C1=C\c1cc2c(cc1Br)OCO2. The largest absolute Gasteiger partial charge is 0.465 e. The van der Waals surface area contributed by atoms with Crippen LogP contribution in [0.1, 0.15) is 31.0 Å². The van der Waals surface area contributed by atoms with Crippen LogP contribution in [-0.4, -0.2) is 30.7 Å². The number of methoxy groups -OCH3 is 1. The zero-order valence-corrected chi connectivity index (χ0v) is 18.4. The summed E-state index contributed by atoms with van der Waals surface area (Å²) in [5.41, 5.74) is 2.77. The summed E-state index contributed by atoms with van der Waals surface area (Å²) in [6.45, 7) is 3.85. The summed E-state index contributed by atoms with van der Waals surface area (Å²) in [4.78, 5) is 27.7. The number of carbonyl (C=O) groups excluding carboxylic acids is 2. The number of ether oxygens (including phenoxy) is 3. The molecule has 2 heterocycles. The second-order valence-electron chi connectivity index (χ2n) is 7.00. The van der Waals surface area contributed by atoms with Crippen LogP contribution in [0.4, 0.5) is 0 Å². The Bertz CT molecular complexity index is 1090. The van der Waals surface area contributed by atoms with Crippen molar-refractivity contribution < 1.29 is 23.8 Å². The highest BCUT2D eigenvalue weighted by Gasteiger charge is 2.39. The minimum absolute atomic E-state index is 0.148. The maximum atomic E-state index is 13.4. The zero-order valence-electron chi connectivity index (χ0n) is 16.8. The van der Waals surface area contributed by atoms with Crippen molar-refractivity contribution in [3.05, 3.63) is 74.9 Å². The van der Waals surface area contributed by atoms with Gasteiger partial charge in [0.1, 0.15) is 0 Å². The molecule has 1 amide bonds. The molecule has 0 saturated heterocycles. The predicted molar refractivity (Wildman–Crippen MR) is 115 cm³/mol. The first-order chi connectivity index (χ1) is 14.4. The molecule has 0 radical (unpaired) electrons. The van der Waals surface area contributed by atoms with Gasteiger partial charge < -0.3 is 19.1 Å². The van der Waals surface area contributed by atoms with Gasteiger partial charge in [-0.3, -0.25) is 4.79 Å². The van der Waals surface area contributed by atoms with Crippen LogP contribution in [0.2, 0.25) is 0 Å². The second-order valence-corrected chi connectivity index (χ2v) is 7.85. The van der Waals surface area contributed by atoms with Crippen molar-refractivity contribution in [2.75, 3.05) is 13.9 Å². The van der Waals surface area contributed by atoms with Crippen molar-refractivity contribution in [2.45, 2.75) is 19.9 Å². The van der Waals surface area contributed by atoms with Crippen molar-refractivity contribution in [1.29, 1.82) is 0 Å². The quantitative estimate of drug-likeness (QED) is 0.483. The summed E-state index contributed by atoms with van der Waals surface area (Å²) in [7, 11) is 1.31. The Labute approximate surface area is 182 Å². The van der Waals surface area contributed by atoms with Gasteiger partial charge in [-0.05, 0) is 43.2 Å². The van der Waals surface area contributed by atoms with E-state index in [9.17, 15) is 9.59 Å². The number of fused-ring (bicyclic) bond motifs is 1. The molecule has 2 aliphatic heterocycles. The molecule has 0 fully saturated rings. The lowest BCUT2D eigenvalue weighted by atomic mass is 10.0. The van der Waals surface area contributed by atoms with Crippen molar-refractivity contribution in [1.82, 2.24) is 4.90 Å². The molecule has 30 heavy (non-hydrogen) atoms. The lowest BCUT2D eigenvalue weighted by Gasteiger charge is -2.26. The maximum Gasteiger partial charge on any atom is 0.340 e. The molecule has 0 saturated carbocycles. The summed E-state index contributed by atoms with van der Waals surface area (Å²) < 4.78 is 16.5. The van der Waals surface area contributed by atoms with Crippen LogP contribution in [-0.2, 0) is 14.3 Å². The minimum atomic E-state index is -0.549. The fourth-order valence-corrected chi connectivity index (χ4v) is 4.18. The number of hydrogen-bond donors (Lipinski definition) is 0. The van der Waals surface area contributed by atoms with Crippen LogP contribution in [0.5, 0.6) is 11.5 Å². The molecule has 6 nitrogen and oxygen atoms in total. The standard InChI is InChI=1S/C23H20BrNO5/c1-13(15-7-5-4-6-8-15)25-14(2)21(23(27)28-3)17(22(25)26)9-16-10-19-20(11-18(16)24)30-12-29-19/h4-11,13H,12H2,1-3H3/b17-9-/t13-/m1/s1. The van der Waals surface area contributed by atoms with Crippen LogP contribution >= 0.6 is 15.9 Å². The maximum absolute atomic E-state index is 13.4. The Morgan fingerprint density at radius 1 is 1.20 bits per heavy atom. The number of benzene rings is 2. The Kier molecular flexibility index (Phi) is 5.39. The number of halogens is 1. The first-order valence-electron chi connectivity index (χ1n) is 9.41. The Morgan fingerprint density at radius 3 is 2.53 bits per heavy atom. The molecular formula is C23H20BrNO5. The smallest absolute Gasteiger partial charge is 0.340 e. The summed E-state index contributed by atoms with van der Waals surface area (Å²) in [5, 5.41) is 0. The van der Waals surface area contributed by atoms with E-state index in [2.05, 4.69) is 15.9 Å². The van der Waals surface area contributed by atoms with Crippen LogP contribution < -0.4 is 9.47 Å². The molecule has 0 N–H and O–H groups in total. The molecular weight excluding hydrogens is 450 g/mol. The number of esters is 1. The van der Waals surface area contributed by atoms with Crippen LogP contribution in [0.3, 0.4) is 0 Å². The molecule has 0 bridgehead atoms. The van der Waals surface area contributed by atoms with E-state index in [0.29, 0.717) is 22.8 Å². The third-order valence-corrected chi connectivity index (χ3v) is 5.98. The number of nitrogens with zero attached hydrogens (tertiary/aromatic N) is 1. The van der Waals surface area contributed by atoms with E-state index in [1.165, 1.54) is 7.11 Å². The third kappa shape index (κ3) is 3.39. The van der Waals surface area contributed by atoms with E-state index < -0.39 is 5.97 Å². The molecule has 2 aliphatic rings. The van der Waals surface area contributed by atoms with E-state index in [4.69, 9.17) is 14.2 Å². The Morgan fingerprint density at radius 2 is 1.87 bits per heavy atom. The molecule has 0 spiro atoms. The normalized spacial score (nSPS) is 17.7. The van der Waals surface area contributed by atoms with E-state index in [1.54, 1.807) is 30.0 Å². The number of amides is 1. The van der Waals surface area contributed by atoms with Gasteiger partial charge in [-0.25, -0.2) is 4.79 Å². The highest BCUT2D eigenvalue weighted by atomic mass is 79.9. The van der Waals surface area contributed by atoms with E-state index in [1.807, 2.05) is 37.3 Å². The van der Waals surface area contributed by atoms with Gasteiger partial charge in [0.25, 0.3) is 5.91 Å². The average Bonchev–Trinajstić information content (AvgIpc) is 3.29. The van der Waals surface area contributed by atoms with Crippen molar-refractivity contribution >= 4 is 33.9 Å². The van der Waals surface area contributed by atoms with Crippen LogP contribution in [0.15, 0.2) is 63.8 Å². The molecule has 154 valence electrons. The van der Waals surface area contributed by atoms with Crippen molar-refractivity contribution in [2.24, 2.45) is 0 Å². The molecule has 1 atom stereocenters. The third-order valence-electron chi connectivity index (χ3n) is 5.29. The van der Waals surface area contributed by atoms with E-state index in [-0.39, 0.29) is 29.9 Å². The van der Waals surface area contributed by atoms with Gasteiger partial charge in [-0.15, -0.1) is 0 Å². The van der Waals surface area contributed by atoms with Gasteiger partial charge in [-0.2, -0.15) is 0 Å². The van der Waals surface area contributed by atoms with Gasteiger partial charge in [-0.1, -0.05) is 46.3 Å². The van der Waals surface area contributed by atoms with E-state index in [0.717, 1.165) is 10.0 Å². The first-order valence-corrected chi connectivity index (χ1v) is 10.2. The summed E-state index contributed by atoms with van der Waals surface area (Å²) >= 11 is 3.51. The highest BCUT2D eigenvalue weighted by Crippen LogP contribution is 2.41. The first kappa shape index (κ1) is 20.2. The zero-order chi connectivity index (χ0) is 21.4. The number of rotatable bonds is 4. The monoisotopic (exact) mass is 469 g/mol. The van der Waals surface area contributed by atoms with Crippen molar-refractivity contribution in [3.8, 4) is 11.5 Å². The second kappa shape index (κ2) is 7.99. The summed E-state index contributed by atoms with van der Waals surface area (Å²) in [6, 6.07) is 13.0. The fraction of sp³-hybridized carbons (Fsp3) is 0.217. The van der Waals surface area contributed by atoms with Gasteiger partial charge in [0.05, 0.1) is 24.3 Å². The van der Waals surface area contributed by atoms with Crippen LogP contribution in [0.25, 0.3) is 6.08 Å². The fourth-order valence-electron chi connectivity index (χ4n) is 3.74. The summed E-state index contributed by atoms with van der Waals surface area (Å²) in [6.07, 6.45) is 1.68. The average molecular weight is 470 g/mol. The van der Waals surface area contributed by atoms with E-state index >= 15 is 0 Å². The summed E-state index contributed by atoms with van der Waals surface area (Å²) in [5.74, 6) is 0.409. The van der Waals surface area contributed by atoms with Crippen molar-refractivity contribution in [3.63, 3.8) is 0 Å². The molecule has 0 aromatic heterocycles. The Balaban J connectivity index is 1.81. The lowest BCUT2D eigenvalue weighted by Crippen LogP contribution is -2.28. The topological polar surface area (TPSA) is 65.1 Å². The molecule has 0 aliphatic carbocycles. The number of carbonyl (C=O) groups is 2. The Hall–Kier alpha value is -3.06. The van der Waals surface area contributed by atoms with Gasteiger partial charge >= 0.3 is 5.97 Å². The van der Waals surface area contributed by atoms with Gasteiger partial charge in [0.15, 0.2) is 11.5 Å². The number of hydrogen-bond acceptors (Lipinski definition) is 5. The molecule has 2 aromatic carbocycles. The minimum Gasteiger partial charge on any atom is -0.465 e. The molecule has 2 aromatic rings.